The number of benzene rings is 2. The number of anilines is 1. The highest BCUT2D eigenvalue weighted by molar-refractivity contribution is 6.05. The first kappa shape index (κ1) is 22.1. The lowest BCUT2D eigenvalue weighted by atomic mass is 10.1. The van der Waals surface area contributed by atoms with E-state index in [1.165, 1.54) is 0 Å². The molecule has 0 spiro atoms. The zero-order valence-corrected chi connectivity index (χ0v) is 17.3. The van der Waals surface area contributed by atoms with Crippen molar-refractivity contribution in [1.29, 1.82) is 0 Å². The second-order valence-electron chi connectivity index (χ2n) is 6.06. The number of para-hydroxylation sites is 1. The third kappa shape index (κ3) is 5.88. The first-order chi connectivity index (χ1) is 14.0. The van der Waals surface area contributed by atoms with Crippen LogP contribution in [0.3, 0.4) is 0 Å². The van der Waals surface area contributed by atoms with Crippen molar-refractivity contribution in [2.24, 2.45) is 0 Å². The van der Waals surface area contributed by atoms with Gasteiger partial charge in [-0.3, -0.25) is 9.59 Å². The minimum absolute atomic E-state index is 0.134. The van der Waals surface area contributed by atoms with Crippen molar-refractivity contribution in [3.63, 3.8) is 0 Å². The first-order valence-corrected chi connectivity index (χ1v) is 9.70. The Morgan fingerprint density at radius 2 is 1.48 bits per heavy atom. The molecule has 2 rings (SSSR count). The third-order valence-electron chi connectivity index (χ3n) is 4.07. The lowest BCUT2D eigenvalue weighted by Crippen LogP contribution is -2.21. The SMILES string of the molecule is CCOc1cc(C(=O)Nc2ccccc2CC(=O)NC)cc(OCC)c1OCC. The summed E-state index contributed by atoms with van der Waals surface area (Å²) in [6, 6.07) is 10.5. The van der Waals surface area contributed by atoms with Crippen molar-refractivity contribution >= 4 is 17.5 Å². The molecule has 7 nitrogen and oxygen atoms in total. The Balaban J connectivity index is 2.37. The van der Waals surface area contributed by atoms with Gasteiger partial charge in [-0.25, -0.2) is 0 Å². The maximum absolute atomic E-state index is 12.9. The van der Waals surface area contributed by atoms with Crippen molar-refractivity contribution in [2.75, 3.05) is 32.2 Å². The summed E-state index contributed by atoms with van der Waals surface area (Å²) in [6.07, 6.45) is 0.171. The maximum Gasteiger partial charge on any atom is 0.255 e. The van der Waals surface area contributed by atoms with Crippen molar-refractivity contribution < 1.29 is 23.8 Å². The molecule has 0 bridgehead atoms. The number of carbonyl (C=O) groups is 2. The second-order valence-corrected chi connectivity index (χ2v) is 6.06. The van der Waals surface area contributed by atoms with E-state index in [1.54, 1.807) is 37.4 Å². The lowest BCUT2D eigenvalue weighted by Gasteiger charge is -2.17. The molecule has 0 saturated carbocycles. The number of amides is 2. The van der Waals surface area contributed by atoms with E-state index in [1.807, 2.05) is 26.8 Å². The van der Waals surface area contributed by atoms with Crippen LogP contribution in [0.1, 0.15) is 36.7 Å². The number of rotatable bonds is 10. The van der Waals surface area contributed by atoms with E-state index in [4.69, 9.17) is 14.2 Å². The van der Waals surface area contributed by atoms with Crippen LogP contribution in [0, 0.1) is 0 Å². The first-order valence-electron chi connectivity index (χ1n) is 9.70. The number of carbonyl (C=O) groups excluding carboxylic acids is 2. The van der Waals surface area contributed by atoms with Crippen LogP contribution in [0.2, 0.25) is 0 Å². The van der Waals surface area contributed by atoms with Crippen LogP contribution in [0.5, 0.6) is 17.2 Å². The second kappa shape index (κ2) is 10.9. The standard InChI is InChI=1S/C22H28N2O5/c1-5-27-18-12-16(13-19(28-6-2)21(18)29-7-3)22(26)24-17-11-9-8-10-15(17)14-20(25)23-4/h8-13H,5-7,14H2,1-4H3,(H,23,25)(H,24,26). The smallest absolute Gasteiger partial charge is 0.255 e. The summed E-state index contributed by atoms with van der Waals surface area (Å²) in [7, 11) is 1.58. The average molecular weight is 400 g/mol. The number of hydrogen-bond acceptors (Lipinski definition) is 5. The molecule has 0 atom stereocenters. The quantitative estimate of drug-likeness (QED) is 0.638. The van der Waals surface area contributed by atoms with Gasteiger partial charge in [0, 0.05) is 18.3 Å². The summed E-state index contributed by atoms with van der Waals surface area (Å²) in [5.74, 6) is 0.908. The Kier molecular flexibility index (Phi) is 8.33. The number of likely N-dealkylation sites (N-methyl/N-ethyl adjacent to an activating group) is 1. The molecule has 29 heavy (non-hydrogen) atoms. The normalized spacial score (nSPS) is 10.2. The highest BCUT2D eigenvalue weighted by atomic mass is 16.5. The van der Waals surface area contributed by atoms with Gasteiger partial charge >= 0.3 is 0 Å². The highest BCUT2D eigenvalue weighted by Gasteiger charge is 2.19. The van der Waals surface area contributed by atoms with Crippen molar-refractivity contribution in [3.05, 3.63) is 47.5 Å². The van der Waals surface area contributed by atoms with E-state index in [0.29, 0.717) is 48.3 Å². The van der Waals surface area contributed by atoms with E-state index in [2.05, 4.69) is 10.6 Å². The zero-order valence-electron chi connectivity index (χ0n) is 17.3. The number of nitrogens with one attached hydrogen (secondary N) is 2. The van der Waals surface area contributed by atoms with Crippen LogP contribution >= 0.6 is 0 Å². The minimum atomic E-state index is -0.334. The molecule has 0 unspecified atom stereocenters. The molecule has 2 N–H and O–H groups in total. The number of ether oxygens (including phenoxy) is 3. The summed E-state index contributed by atoms with van der Waals surface area (Å²) < 4.78 is 17.0. The Labute approximate surface area is 171 Å². The molecule has 0 aliphatic rings. The number of hydrogen-bond donors (Lipinski definition) is 2. The molecule has 0 aliphatic heterocycles. The fourth-order valence-corrected chi connectivity index (χ4v) is 2.77. The van der Waals surface area contributed by atoms with Gasteiger partial charge in [0.05, 0.1) is 26.2 Å². The van der Waals surface area contributed by atoms with Gasteiger partial charge in [-0.05, 0) is 44.5 Å². The van der Waals surface area contributed by atoms with Gasteiger partial charge in [0.2, 0.25) is 11.7 Å². The monoisotopic (exact) mass is 400 g/mol. The largest absolute Gasteiger partial charge is 0.490 e. The fourth-order valence-electron chi connectivity index (χ4n) is 2.77. The van der Waals surface area contributed by atoms with Crippen molar-refractivity contribution in [2.45, 2.75) is 27.2 Å². The van der Waals surface area contributed by atoms with Gasteiger partial charge in [0.15, 0.2) is 11.5 Å². The van der Waals surface area contributed by atoms with E-state index in [9.17, 15) is 9.59 Å². The zero-order chi connectivity index (χ0) is 21.2. The summed E-state index contributed by atoms with van der Waals surface area (Å²) in [6.45, 7) is 6.88. The maximum atomic E-state index is 12.9. The summed E-state index contributed by atoms with van der Waals surface area (Å²) >= 11 is 0. The molecule has 2 amide bonds. The Bertz CT molecular complexity index is 824. The van der Waals surface area contributed by atoms with Crippen LogP contribution in [0.4, 0.5) is 5.69 Å². The molecule has 156 valence electrons. The molecule has 0 fully saturated rings. The Morgan fingerprint density at radius 1 is 0.897 bits per heavy atom. The molecule has 0 radical (unpaired) electrons. The summed E-state index contributed by atoms with van der Waals surface area (Å²) in [4.78, 5) is 24.7. The molecule has 7 heteroatoms. The van der Waals surface area contributed by atoms with E-state index >= 15 is 0 Å². The Morgan fingerprint density at radius 3 is 2.03 bits per heavy atom. The van der Waals surface area contributed by atoms with Gasteiger partial charge < -0.3 is 24.8 Å². The highest BCUT2D eigenvalue weighted by Crippen LogP contribution is 2.39. The molecule has 0 aliphatic carbocycles. The third-order valence-corrected chi connectivity index (χ3v) is 4.07. The van der Waals surface area contributed by atoms with Crippen molar-refractivity contribution in [3.8, 4) is 17.2 Å². The van der Waals surface area contributed by atoms with Crippen LogP contribution in [-0.4, -0.2) is 38.7 Å². The van der Waals surface area contributed by atoms with E-state index in [-0.39, 0.29) is 18.2 Å². The molecule has 2 aromatic rings. The van der Waals surface area contributed by atoms with Gasteiger partial charge in [0.25, 0.3) is 5.91 Å². The van der Waals surface area contributed by atoms with Crippen LogP contribution in [0.15, 0.2) is 36.4 Å². The Hall–Kier alpha value is -3.22. The molecule has 0 saturated heterocycles. The van der Waals surface area contributed by atoms with Crippen LogP contribution in [0.25, 0.3) is 0 Å². The van der Waals surface area contributed by atoms with Gasteiger partial charge in [-0.15, -0.1) is 0 Å². The molecule has 2 aromatic carbocycles. The van der Waals surface area contributed by atoms with Crippen LogP contribution < -0.4 is 24.8 Å². The molecule has 0 aromatic heterocycles. The van der Waals surface area contributed by atoms with Gasteiger partial charge in [0.1, 0.15) is 0 Å². The van der Waals surface area contributed by atoms with Crippen LogP contribution in [-0.2, 0) is 11.2 Å². The van der Waals surface area contributed by atoms with Gasteiger partial charge in [-0.2, -0.15) is 0 Å². The minimum Gasteiger partial charge on any atom is -0.490 e. The lowest BCUT2D eigenvalue weighted by molar-refractivity contribution is -0.119. The van der Waals surface area contributed by atoms with E-state index in [0.717, 1.165) is 5.56 Å². The average Bonchev–Trinajstić information content (AvgIpc) is 2.71. The molecular formula is C22H28N2O5. The predicted octanol–water partition coefficient (Wildman–Crippen LogP) is 3.42. The fraction of sp³-hybridized carbons (Fsp3) is 0.364. The molecular weight excluding hydrogens is 372 g/mol. The van der Waals surface area contributed by atoms with Crippen molar-refractivity contribution in [1.82, 2.24) is 5.32 Å². The van der Waals surface area contributed by atoms with Gasteiger partial charge in [-0.1, -0.05) is 18.2 Å². The summed E-state index contributed by atoms with van der Waals surface area (Å²) in [5.41, 5.74) is 1.67. The predicted molar refractivity (Wildman–Crippen MR) is 112 cm³/mol. The summed E-state index contributed by atoms with van der Waals surface area (Å²) in [5, 5.41) is 5.46. The topological polar surface area (TPSA) is 85.9 Å². The molecule has 0 heterocycles. The van der Waals surface area contributed by atoms with E-state index < -0.39 is 0 Å².